The molecule has 0 spiro atoms. The Bertz CT molecular complexity index is 645. The number of hydrogen-bond acceptors (Lipinski definition) is 5. The lowest BCUT2D eigenvalue weighted by atomic mass is 9.84. The summed E-state index contributed by atoms with van der Waals surface area (Å²) in [5.41, 5.74) is 1.03. The number of methoxy groups -OCH3 is 1. The van der Waals surface area contributed by atoms with Crippen LogP contribution in [0.4, 0.5) is 0 Å². The highest BCUT2D eigenvalue weighted by atomic mass is 35.5. The van der Waals surface area contributed by atoms with E-state index in [1.54, 1.807) is 13.0 Å². The third-order valence-corrected chi connectivity index (χ3v) is 4.90. The summed E-state index contributed by atoms with van der Waals surface area (Å²) in [6.07, 6.45) is 2.69. The summed E-state index contributed by atoms with van der Waals surface area (Å²) in [5.74, 6) is 1.11. The molecular formula is C17H19ClO5. The van der Waals surface area contributed by atoms with Crippen LogP contribution in [0.3, 0.4) is 0 Å². The van der Waals surface area contributed by atoms with E-state index >= 15 is 0 Å². The predicted molar refractivity (Wildman–Crippen MR) is 84.4 cm³/mol. The number of hydrogen-bond donors (Lipinski definition) is 0. The van der Waals surface area contributed by atoms with Crippen LogP contribution in [0.5, 0.6) is 11.5 Å². The highest BCUT2D eigenvalue weighted by Gasteiger charge is 2.34. The lowest BCUT2D eigenvalue weighted by Gasteiger charge is -2.35. The van der Waals surface area contributed by atoms with Crippen molar-refractivity contribution in [2.24, 2.45) is 5.92 Å². The molecule has 1 unspecified atom stereocenters. The minimum Gasteiger partial charge on any atom is -0.484 e. The molecule has 3 rings (SSSR count). The molecule has 1 saturated carbocycles. The van der Waals surface area contributed by atoms with E-state index in [0.717, 1.165) is 12.8 Å². The first kappa shape index (κ1) is 16.1. The lowest BCUT2D eigenvalue weighted by Crippen LogP contribution is -2.38. The van der Waals surface area contributed by atoms with Gasteiger partial charge in [-0.3, -0.25) is 4.79 Å². The van der Waals surface area contributed by atoms with E-state index in [2.05, 4.69) is 0 Å². The van der Waals surface area contributed by atoms with Crippen LogP contribution in [0.2, 0.25) is 5.02 Å². The van der Waals surface area contributed by atoms with E-state index in [-0.39, 0.29) is 12.0 Å². The molecule has 124 valence electrons. The average molecular weight is 339 g/mol. The fraction of sp³-hybridized carbons (Fsp3) is 0.529. The summed E-state index contributed by atoms with van der Waals surface area (Å²) < 4.78 is 16.7. The van der Waals surface area contributed by atoms with E-state index in [1.165, 1.54) is 7.11 Å². The van der Waals surface area contributed by atoms with Crippen LogP contribution in [0.15, 0.2) is 6.07 Å². The van der Waals surface area contributed by atoms with Gasteiger partial charge in [-0.1, -0.05) is 11.6 Å². The minimum atomic E-state index is -0.457. The van der Waals surface area contributed by atoms with Gasteiger partial charge in [-0.2, -0.15) is 0 Å². The largest absolute Gasteiger partial charge is 0.484 e. The topological polar surface area (TPSA) is 61.8 Å². The number of halogens is 1. The maximum Gasteiger partial charge on any atom is 0.338 e. The molecule has 0 N–H and O–H groups in total. The zero-order valence-electron chi connectivity index (χ0n) is 13.2. The van der Waals surface area contributed by atoms with Crippen molar-refractivity contribution in [2.75, 3.05) is 13.7 Å². The number of carbonyl (C=O) groups excluding carboxylic acids is 2. The molecule has 1 fully saturated rings. The Labute approximate surface area is 139 Å². The Balaban J connectivity index is 1.88. The monoisotopic (exact) mass is 338 g/mol. The minimum absolute atomic E-state index is 0.127. The van der Waals surface area contributed by atoms with Gasteiger partial charge >= 0.3 is 5.97 Å². The first-order valence-corrected chi connectivity index (χ1v) is 8.11. The maximum atomic E-state index is 11.9. The molecule has 1 atom stereocenters. The van der Waals surface area contributed by atoms with Crippen molar-refractivity contribution in [3.05, 3.63) is 22.2 Å². The number of fused-ring (bicyclic) bond motifs is 1. The van der Waals surface area contributed by atoms with Crippen molar-refractivity contribution < 1.29 is 23.8 Å². The van der Waals surface area contributed by atoms with Crippen molar-refractivity contribution in [3.8, 4) is 11.5 Å². The number of benzene rings is 1. The fourth-order valence-electron chi connectivity index (χ4n) is 3.22. The zero-order valence-corrected chi connectivity index (χ0v) is 13.9. The van der Waals surface area contributed by atoms with Crippen molar-refractivity contribution >= 4 is 23.4 Å². The number of Topliss-reactive ketones (excluding diaryl/α,β-unsaturated/α-hetero) is 1. The van der Waals surface area contributed by atoms with E-state index in [9.17, 15) is 9.59 Å². The van der Waals surface area contributed by atoms with Crippen LogP contribution < -0.4 is 9.47 Å². The Morgan fingerprint density at radius 3 is 2.65 bits per heavy atom. The van der Waals surface area contributed by atoms with Crippen LogP contribution in [-0.2, 0) is 9.53 Å². The van der Waals surface area contributed by atoms with Crippen molar-refractivity contribution in [2.45, 2.75) is 38.7 Å². The Morgan fingerprint density at radius 2 is 2.00 bits per heavy atom. The van der Waals surface area contributed by atoms with Crippen LogP contribution >= 0.6 is 11.6 Å². The summed E-state index contributed by atoms with van der Waals surface area (Å²) in [4.78, 5) is 23.3. The molecule has 1 aliphatic heterocycles. The summed E-state index contributed by atoms with van der Waals surface area (Å²) in [6, 6.07) is 1.55. The van der Waals surface area contributed by atoms with Gasteiger partial charge in [-0.25, -0.2) is 4.79 Å². The van der Waals surface area contributed by atoms with Crippen LogP contribution in [0.25, 0.3) is 0 Å². The average Bonchev–Trinajstić information content (AvgIpc) is 2.57. The summed E-state index contributed by atoms with van der Waals surface area (Å²) in [5, 5.41) is 0.336. The number of ketones is 1. The zero-order chi connectivity index (χ0) is 16.6. The molecule has 0 saturated heterocycles. The fourth-order valence-corrected chi connectivity index (χ4v) is 3.47. The first-order chi connectivity index (χ1) is 11.0. The lowest BCUT2D eigenvalue weighted by molar-refractivity contribution is -0.121. The summed E-state index contributed by atoms with van der Waals surface area (Å²) in [7, 11) is 1.33. The van der Waals surface area contributed by atoms with Gasteiger partial charge in [0, 0.05) is 24.3 Å². The van der Waals surface area contributed by atoms with Gasteiger partial charge in [-0.15, -0.1) is 0 Å². The normalized spacial score (nSPS) is 21.2. The molecule has 0 aromatic heterocycles. The van der Waals surface area contributed by atoms with E-state index in [4.69, 9.17) is 25.8 Å². The molecule has 6 heteroatoms. The van der Waals surface area contributed by atoms with Crippen molar-refractivity contribution in [1.82, 2.24) is 0 Å². The molecule has 0 radical (unpaired) electrons. The molecule has 23 heavy (non-hydrogen) atoms. The van der Waals surface area contributed by atoms with Crippen molar-refractivity contribution in [1.29, 1.82) is 0 Å². The summed E-state index contributed by atoms with van der Waals surface area (Å²) in [6.45, 7) is 2.19. The Morgan fingerprint density at radius 1 is 1.30 bits per heavy atom. The quantitative estimate of drug-likeness (QED) is 0.774. The van der Waals surface area contributed by atoms with Gasteiger partial charge in [0.1, 0.15) is 18.5 Å². The second kappa shape index (κ2) is 6.40. The van der Waals surface area contributed by atoms with Crippen molar-refractivity contribution in [3.63, 3.8) is 0 Å². The van der Waals surface area contributed by atoms with Gasteiger partial charge in [0.25, 0.3) is 0 Å². The number of rotatable bonds is 2. The molecule has 1 aliphatic carbocycles. The molecule has 0 bridgehead atoms. The molecular weight excluding hydrogens is 320 g/mol. The van der Waals surface area contributed by atoms with Crippen LogP contribution in [-0.4, -0.2) is 31.6 Å². The van der Waals surface area contributed by atoms with Crippen LogP contribution in [0.1, 0.15) is 41.6 Å². The van der Waals surface area contributed by atoms with Crippen LogP contribution in [0, 0.1) is 12.8 Å². The van der Waals surface area contributed by atoms with E-state index in [0.29, 0.717) is 52.9 Å². The second-order valence-corrected chi connectivity index (χ2v) is 6.43. The Kier molecular flexibility index (Phi) is 4.48. The van der Waals surface area contributed by atoms with Gasteiger partial charge in [-0.05, 0) is 25.8 Å². The van der Waals surface area contributed by atoms with Gasteiger partial charge in [0.15, 0.2) is 11.5 Å². The third kappa shape index (κ3) is 3.02. The molecule has 0 amide bonds. The maximum absolute atomic E-state index is 11.9. The molecule has 1 aromatic rings. The smallest absolute Gasteiger partial charge is 0.338 e. The second-order valence-electron chi connectivity index (χ2n) is 6.02. The van der Waals surface area contributed by atoms with Gasteiger partial charge in [0.05, 0.1) is 17.7 Å². The van der Waals surface area contributed by atoms with E-state index < -0.39 is 5.97 Å². The molecule has 5 nitrogen and oxygen atoms in total. The standard InChI is InChI=1S/C17H19ClO5/c1-9-12(17(20)21-2)7-13(18)16-15(9)23-14(8-22-16)10-3-5-11(19)6-4-10/h7,10,14H,3-6,8H2,1-2H3. The Hall–Kier alpha value is -1.75. The number of carbonyl (C=O) groups is 2. The summed E-state index contributed by atoms with van der Waals surface area (Å²) >= 11 is 6.22. The van der Waals surface area contributed by atoms with E-state index in [1.807, 2.05) is 0 Å². The highest BCUT2D eigenvalue weighted by molar-refractivity contribution is 6.32. The third-order valence-electron chi connectivity index (χ3n) is 4.62. The highest BCUT2D eigenvalue weighted by Crippen LogP contribution is 2.44. The molecule has 1 heterocycles. The molecule has 2 aliphatic rings. The van der Waals surface area contributed by atoms with Gasteiger partial charge < -0.3 is 14.2 Å². The first-order valence-electron chi connectivity index (χ1n) is 7.73. The SMILES string of the molecule is COC(=O)c1cc(Cl)c2c(c1C)OC(C1CCC(=O)CC1)CO2. The predicted octanol–water partition coefficient (Wildman–Crippen LogP) is 3.33. The van der Waals surface area contributed by atoms with Gasteiger partial charge in [0.2, 0.25) is 0 Å². The number of ether oxygens (including phenoxy) is 3. The number of esters is 1. The molecule has 1 aromatic carbocycles.